The van der Waals surface area contributed by atoms with Crippen molar-refractivity contribution in [1.82, 2.24) is 10.6 Å². The standard InChI is InChI=1S/C14H20N2OS/c1-8-5-13(18-9(8)2)14(17)16-12-6-10-3-4-11(7-12)15-10/h5,10-12,15H,3-4,6-7H2,1-2H3,(H,16,17). The first-order valence-electron chi connectivity index (χ1n) is 6.76. The molecule has 1 aromatic heterocycles. The van der Waals surface area contributed by atoms with Crippen molar-refractivity contribution < 1.29 is 4.79 Å². The molecule has 18 heavy (non-hydrogen) atoms. The minimum Gasteiger partial charge on any atom is -0.348 e. The van der Waals surface area contributed by atoms with Crippen LogP contribution in [0.4, 0.5) is 0 Å². The van der Waals surface area contributed by atoms with Crippen molar-refractivity contribution in [1.29, 1.82) is 0 Å². The molecule has 0 spiro atoms. The lowest BCUT2D eigenvalue weighted by Crippen LogP contribution is -2.47. The number of carbonyl (C=O) groups excluding carboxylic acids is 1. The van der Waals surface area contributed by atoms with Gasteiger partial charge in [0.2, 0.25) is 0 Å². The fourth-order valence-electron chi connectivity index (χ4n) is 3.12. The van der Waals surface area contributed by atoms with Crippen LogP contribution in [-0.4, -0.2) is 24.0 Å². The molecule has 1 amide bonds. The van der Waals surface area contributed by atoms with Gasteiger partial charge in [0.1, 0.15) is 0 Å². The van der Waals surface area contributed by atoms with Gasteiger partial charge in [0.15, 0.2) is 0 Å². The predicted octanol–water partition coefficient (Wildman–Crippen LogP) is 2.38. The SMILES string of the molecule is Cc1cc(C(=O)NC2CC3CCC(C2)N3)sc1C. The molecule has 3 heterocycles. The molecule has 0 aromatic carbocycles. The number of thiophene rings is 1. The summed E-state index contributed by atoms with van der Waals surface area (Å²) in [6, 6.07) is 3.62. The van der Waals surface area contributed by atoms with Crippen LogP contribution in [-0.2, 0) is 0 Å². The first kappa shape index (κ1) is 12.2. The first-order chi connectivity index (χ1) is 8.61. The molecule has 0 saturated carbocycles. The second kappa shape index (κ2) is 4.67. The van der Waals surface area contributed by atoms with Crippen molar-refractivity contribution in [2.75, 3.05) is 0 Å². The predicted molar refractivity (Wildman–Crippen MR) is 74.2 cm³/mol. The molecule has 2 atom stereocenters. The van der Waals surface area contributed by atoms with Crippen LogP contribution in [0.3, 0.4) is 0 Å². The van der Waals surface area contributed by atoms with Crippen LogP contribution < -0.4 is 10.6 Å². The maximum atomic E-state index is 12.2. The van der Waals surface area contributed by atoms with Crippen molar-refractivity contribution in [3.63, 3.8) is 0 Å². The summed E-state index contributed by atoms with van der Waals surface area (Å²) in [7, 11) is 0. The Morgan fingerprint density at radius 3 is 2.56 bits per heavy atom. The molecule has 98 valence electrons. The number of amides is 1. The summed E-state index contributed by atoms with van der Waals surface area (Å²) in [5.41, 5.74) is 1.22. The molecule has 4 heteroatoms. The van der Waals surface area contributed by atoms with E-state index in [-0.39, 0.29) is 5.91 Å². The zero-order valence-corrected chi connectivity index (χ0v) is 11.8. The Hall–Kier alpha value is -0.870. The fourth-order valence-corrected chi connectivity index (χ4v) is 4.05. The molecule has 3 nitrogen and oxygen atoms in total. The van der Waals surface area contributed by atoms with Crippen LogP contribution in [0.1, 0.15) is 45.8 Å². The van der Waals surface area contributed by atoms with E-state index in [1.807, 2.05) is 6.07 Å². The second-order valence-electron chi connectivity index (χ2n) is 5.63. The minimum absolute atomic E-state index is 0.113. The third-order valence-electron chi connectivity index (χ3n) is 4.20. The van der Waals surface area contributed by atoms with Gasteiger partial charge in [0, 0.05) is 23.0 Å². The Kier molecular flexibility index (Phi) is 3.16. The van der Waals surface area contributed by atoms with E-state index in [9.17, 15) is 4.79 Å². The van der Waals surface area contributed by atoms with E-state index in [4.69, 9.17) is 0 Å². The van der Waals surface area contributed by atoms with E-state index in [2.05, 4.69) is 24.5 Å². The highest BCUT2D eigenvalue weighted by atomic mass is 32.1. The van der Waals surface area contributed by atoms with Gasteiger partial charge in [0.25, 0.3) is 5.91 Å². The highest BCUT2D eigenvalue weighted by molar-refractivity contribution is 7.14. The summed E-state index contributed by atoms with van der Waals surface area (Å²) in [5.74, 6) is 0.113. The largest absolute Gasteiger partial charge is 0.348 e. The normalized spacial score (nSPS) is 30.4. The lowest BCUT2D eigenvalue weighted by molar-refractivity contribution is 0.0928. The van der Waals surface area contributed by atoms with Gasteiger partial charge in [-0.3, -0.25) is 4.79 Å². The van der Waals surface area contributed by atoms with E-state index < -0.39 is 0 Å². The summed E-state index contributed by atoms with van der Waals surface area (Å²) >= 11 is 1.60. The summed E-state index contributed by atoms with van der Waals surface area (Å²) < 4.78 is 0. The van der Waals surface area contributed by atoms with Gasteiger partial charge in [-0.15, -0.1) is 11.3 Å². The van der Waals surface area contributed by atoms with Crippen LogP contribution in [0.5, 0.6) is 0 Å². The zero-order chi connectivity index (χ0) is 12.7. The Morgan fingerprint density at radius 1 is 1.33 bits per heavy atom. The quantitative estimate of drug-likeness (QED) is 0.861. The number of hydrogen-bond acceptors (Lipinski definition) is 3. The van der Waals surface area contributed by atoms with Gasteiger partial charge in [-0.25, -0.2) is 0 Å². The number of piperidine rings is 1. The number of hydrogen-bond donors (Lipinski definition) is 2. The van der Waals surface area contributed by atoms with Crippen LogP contribution in [0, 0.1) is 13.8 Å². The number of aryl methyl sites for hydroxylation is 2. The summed E-state index contributed by atoms with van der Waals surface area (Å²) in [6.07, 6.45) is 4.72. The van der Waals surface area contributed by atoms with Crippen LogP contribution >= 0.6 is 11.3 Å². The molecule has 3 rings (SSSR count). The molecule has 2 saturated heterocycles. The van der Waals surface area contributed by atoms with Crippen molar-refractivity contribution >= 4 is 17.2 Å². The van der Waals surface area contributed by atoms with E-state index >= 15 is 0 Å². The highest BCUT2D eigenvalue weighted by Gasteiger charge is 2.34. The Balaban J connectivity index is 1.64. The molecule has 2 fully saturated rings. The molecular formula is C14H20N2OS. The average Bonchev–Trinajstić information content (AvgIpc) is 2.83. The molecule has 2 aliphatic heterocycles. The third-order valence-corrected chi connectivity index (χ3v) is 5.35. The monoisotopic (exact) mass is 264 g/mol. The van der Waals surface area contributed by atoms with E-state index in [0.717, 1.165) is 17.7 Å². The van der Waals surface area contributed by atoms with Crippen LogP contribution in [0.2, 0.25) is 0 Å². The molecule has 2 unspecified atom stereocenters. The van der Waals surface area contributed by atoms with E-state index in [0.29, 0.717) is 18.1 Å². The second-order valence-corrected chi connectivity index (χ2v) is 6.89. The molecule has 2 N–H and O–H groups in total. The van der Waals surface area contributed by atoms with Crippen molar-refractivity contribution in [3.05, 3.63) is 21.4 Å². The number of nitrogens with one attached hydrogen (secondary N) is 2. The van der Waals surface area contributed by atoms with Gasteiger partial charge in [0.05, 0.1) is 4.88 Å². The fraction of sp³-hybridized carbons (Fsp3) is 0.643. The zero-order valence-electron chi connectivity index (χ0n) is 11.0. The smallest absolute Gasteiger partial charge is 0.261 e. The maximum absolute atomic E-state index is 12.2. The highest BCUT2D eigenvalue weighted by Crippen LogP contribution is 2.27. The number of fused-ring (bicyclic) bond motifs is 2. The average molecular weight is 264 g/mol. The van der Waals surface area contributed by atoms with Gasteiger partial charge in [-0.05, 0) is 51.2 Å². The minimum atomic E-state index is 0.113. The van der Waals surface area contributed by atoms with Crippen molar-refractivity contribution in [2.24, 2.45) is 0 Å². The first-order valence-corrected chi connectivity index (χ1v) is 7.57. The van der Waals surface area contributed by atoms with Gasteiger partial charge in [-0.2, -0.15) is 0 Å². The molecule has 1 aromatic rings. The maximum Gasteiger partial charge on any atom is 0.261 e. The Labute approximate surface area is 112 Å². The third kappa shape index (κ3) is 2.31. The lowest BCUT2D eigenvalue weighted by Gasteiger charge is -2.29. The van der Waals surface area contributed by atoms with Gasteiger partial charge in [-0.1, -0.05) is 0 Å². The molecule has 2 bridgehead atoms. The van der Waals surface area contributed by atoms with Crippen LogP contribution in [0.15, 0.2) is 6.07 Å². The number of rotatable bonds is 2. The molecular weight excluding hydrogens is 244 g/mol. The summed E-state index contributed by atoms with van der Waals surface area (Å²) in [5, 5.41) is 6.81. The van der Waals surface area contributed by atoms with Crippen molar-refractivity contribution in [2.45, 2.75) is 57.7 Å². The lowest BCUT2D eigenvalue weighted by atomic mass is 10.00. The van der Waals surface area contributed by atoms with E-state index in [1.54, 1.807) is 11.3 Å². The van der Waals surface area contributed by atoms with Crippen molar-refractivity contribution in [3.8, 4) is 0 Å². The summed E-state index contributed by atoms with van der Waals surface area (Å²) in [6.45, 7) is 4.13. The Bertz CT molecular complexity index is 437. The van der Waals surface area contributed by atoms with E-state index in [1.165, 1.54) is 23.3 Å². The Morgan fingerprint density at radius 2 is 2.00 bits per heavy atom. The van der Waals surface area contributed by atoms with Crippen LogP contribution in [0.25, 0.3) is 0 Å². The summed E-state index contributed by atoms with van der Waals surface area (Å²) in [4.78, 5) is 14.3. The molecule has 0 aliphatic carbocycles. The topological polar surface area (TPSA) is 41.1 Å². The molecule has 0 radical (unpaired) electrons. The van der Waals surface area contributed by atoms with Gasteiger partial charge >= 0.3 is 0 Å². The number of carbonyl (C=O) groups is 1. The molecule has 2 aliphatic rings. The van der Waals surface area contributed by atoms with Gasteiger partial charge < -0.3 is 10.6 Å².